The second-order valence-corrected chi connectivity index (χ2v) is 9.00. The van der Waals surface area contributed by atoms with Crippen LogP contribution in [0.4, 0.5) is 15.8 Å². The quantitative estimate of drug-likeness (QED) is 0.130. The van der Waals surface area contributed by atoms with E-state index in [1.807, 2.05) is 18.2 Å². The van der Waals surface area contributed by atoms with Gasteiger partial charge in [-0.2, -0.15) is 0 Å². The van der Waals surface area contributed by atoms with Crippen LogP contribution in [0, 0.1) is 11.2 Å². The summed E-state index contributed by atoms with van der Waals surface area (Å²) < 4.78 is 16.6. The molecule has 0 aliphatic carbocycles. The van der Waals surface area contributed by atoms with Gasteiger partial charge in [0.25, 0.3) is 0 Å². The van der Waals surface area contributed by atoms with Gasteiger partial charge in [-0.15, -0.1) is 11.8 Å². The summed E-state index contributed by atoms with van der Waals surface area (Å²) in [7, 11) is 0. The molecule has 0 amide bonds. The number of rotatable bonds is 11. The van der Waals surface area contributed by atoms with Crippen molar-refractivity contribution < 1.29 is 4.39 Å². The van der Waals surface area contributed by atoms with Gasteiger partial charge in [0.1, 0.15) is 5.82 Å². The van der Waals surface area contributed by atoms with E-state index >= 15 is 0 Å². The van der Waals surface area contributed by atoms with Gasteiger partial charge in [0.2, 0.25) is 0 Å². The average Bonchev–Trinajstić information content (AvgIpc) is 2.79. The minimum Gasteiger partial charge on any atom is -0.355 e. The van der Waals surface area contributed by atoms with Gasteiger partial charge in [0.05, 0.1) is 0 Å². The van der Waals surface area contributed by atoms with Crippen LogP contribution in [-0.4, -0.2) is 18.5 Å². The summed E-state index contributed by atoms with van der Waals surface area (Å²) in [4.78, 5) is 1.11. The van der Waals surface area contributed by atoms with Crippen molar-refractivity contribution in [1.82, 2.24) is 4.72 Å². The van der Waals surface area contributed by atoms with Crippen LogP contribution in [0.2, 0.25) is 0 Å². The van der Waals surface area contributed by atoms with Crippen molar-refractivity contribution in [2.75, 3.05) is 17.6 Å². The SMILES string of the molecule is CCCSNCC(Sc1ccc(Nc2ccc(F)cc2)c(C=N)c1)c1ccccc1. The second kappa shape index (κ2) is 11.8. The standard InChI is InChI=1S/C24H26FN3S2/c1-2-14-29-27-17-24(18-6-4-3-5-7-18)30-22-12-13-23(19(15-22)16-26)28-21-10-8-20(25)9-11-21/h3-13,15-16,24,26-28H,2,14,17H2,1H3. The average molecular weight is 440 g/mol. The van der Waals surface area contributed by atoms with E-state index in [-0.39, 0.29) is 11.1 Å². The van der Waals surface area contributed by atoms with Crippen molar-refractivity contribution in [3.63, 3.8) is 0 Å². The predicted octanol–water partition coefficient (Wildman–Crippen LogP) is 7.05. The molecule has 3 aromatic carbocycles. The van der Waals surface area contributed by atoms with E-state index in [4.69, 9.17) is 5.41 Å². The maximum Gasteiger partial charge on any atom is 0.123 e. The molecular formula is C24H26FN3S2. The van der Waals surface area contributed by atoms with Crippen molar-refractivity contribution in [2.45, 2.75) is 23.5 Å². The fourth-order valence-corrected chi connectivity index (χ4v) is 4.77. The van der Waals surface area contributed by atoms with Crippen LogP contribution in [-0.2, 0) is 0 Å². The van der Waals surface area contributed by atoms with Crippen molar-refractivity contribution in [2.24, 2.45) is 0 Å². The van der Waals surface area contributed by atoms with Gasteiger partial charge < -0.3 is 10.7 Å². The fourth-order valence-electron chi connectivity index (χ4n) is 2.90. The van der Waals surface area contributed by atoms with Crippen LogP contribution in [0.5, 0.6) is 0 Å². The van der Waals surface area contributed by atoms with Crippen LogP contribution in [0.3, 0.4) is 0 Å². The summed E-state index contributed by atoms with van der Waals surface area (Å²) in [5, 5.41) is 11.4. The highest BCUT2D eigenvalue weighted by atomic mass is 32.2. The molecule has 0 saturated carbocycles. The number of thioether (sulfide) groups is 1. The lowest BCUT2D eigenvalue weighted by atomic mass is 10.1. The Labute approximate surface area is 186 Å². The van der Waals surface area contributed by atoms with Crippen LogP contribution in [0.1, 0.15) is 29.7 Å². The topological polar surface area (TPSA) is 47.9 Å². The molecule has 1 unspecified atom stereocenters. The van der Waals surface area contributed by atoms with Crippen molar-refractivity contribution in [3.05, 3.63) is 89.7 Å². The molecular weight excluding hydrogens is 413 g/mol. The molecule has 0 fully saturated rings. The molecule has 3 aromatic rings. The number of hydrogen-bond donors (Lipinski definition) is 3. The minimum absolute atomic E-state index is 0.266. The molecule has 3 N–H and O–H groups in total. The maximum absolute atomic E-state index is 13.1. The van der Waals surface area contributed by atoms with Gasteiger partial charge in [-0.05, 0) is 54.4 Å². The molecule has 0 aromatic heterocycles. The Morgan fingerprint density at radius 3 is 2.50 bits per heavy atom. The second-order valence-electron chi connectivity index (χ2n) is 6.74. The first-order valence-corrected chi connectivity index (χ1v) is 11.8. The van der Waals surface area contributed by atoms with Crippen molar-refractivity contribution >= 4 is 41.3 Å². The molecule has 156 valence electrons. The zero-order valence-corrected chi connectivity index (χ0v) is 18.5. The summed E-state index contributed by atoms with van der Waals surface area (Å²) in [6.07, 6.45) is 2.49. The van der Waals surface area contributed by atoms with Crippen molar-refractivity contribution in [1.29, 1.82) is 5.41 Å². The van der Waals surface area contributed by atoms with Crippen LogP contribution in [0.15, 0.2) is 77.7 Å². The van der Waals surface area contributed by atoms with Gasteiger partial charge in [-0.25, -0.2) is 4.39 Å². The van der Waals surface area contributed by atoms with E-state index in [0.717, 1.165) is 40.6 Å². The maximum atomic E-state index is 13.1. The third kappa shape index (κ3) is 6.62. The van der Waals surface area contributed by atoms with Gasteiger partial charge >= 0.3 is 0 Å². The first-order chi connectivity index (χ1) is 14.7. The van der Waals surface area contributed by atoms with Gasteiger partial charge in [-0.3, -0.25) is 4.72 Å². The van der Waals surface area contributed by atoms with Gasteiger partial charge in [0, 0.05) is 45.6 Å². The highest BCUT2D eigenvalue weighted by Crippen LogP contribution is 2.36. The Bertz CT molecular complexity index is 933. The smallest absolute Gasteiger partial charge is 0.123 e. The molecule has 6 heteroatoms. The lowest BCUT2D eigenvalue weighted by molar-refractivity contribution is 0.628. The molecule has 0 bridgehead atoms. The summed E-state index contributed by atoms with van der Waals surface area (Å²) in [5.74, 6) is 0.825. The molecule has 0 aliphatic rings. The Kier molecular flexibility index (Phi) is 8.81. The lowest BCUT2D eigenvalue weighted by Gasteiger charge is -2.19. The van der Waals surface area contributed by atoms with E-state index < -0.39 is 0 Å². The Morgan fingerprint density at radius 1 is 1.03 bits per heavy atom. The largest absolute Gasteiger partial charge is 0.355 e. The van der Waals surface area contributed by atoms with Crippen LogP contribution >= 0.6 is 23.7 Å². The Hall–Kier alpha value is -2.28. The predicted molar refractivity (Wildman–Crippen MR) is 130 cm³/mol. The molecule has 0 aliphatic heterocycles. The minimum atomic E-state index is -0.266. The fraction of sp³-hybridized carbons (Fsp3) is 0.208. The normalized spacial score (nSPS) is 11.8. The third-order valence-electron chi connectivity index (χ3n) is 4.43. The molecule has 1 atom stereocenters. The van der Waals surface area contributed by atoms with Crippen LogP contribution in [0.25, 0.3) is 0 Å². The zero-order valence-electron chi connectivity index (χ0n) is 16.9. The van der Waals surface area contributed by atoms with E-state index in [0.29, 0.717) is 0 Å². The van der Waals surface area contributed by atoms with E-state index in [9.17, 15) is 4.39 Å². The molecule has 0 heterocycles. The molecule has 0 spiro atoms. The molecule has 0 saturated heterocycles. The first kappa shape index (κ1) is 22.4. The van der Waals surface area contributed by atoms with Crippen LogP contribution < -0.4 is 10.0 Å². The zero-order chi connectivity index (χ0) is 21.2. The highest BCUT2D eigenvalue weighted by Gasteiger charge is 2.14. The van der Waals surface area contributed by atoms with E-state index in [2.05, 4.69) is 47.3 Å². The number of halogens is 1. The summed E-state index contributed by atoms with van der Waals surface area (Å²) in [5.41, 5.74) is 3.69. The summed E-state index contributed by atoms with van der Waals surface area (Å²) in [6.45, 7) is 3.04. The van der Waals surface area contributed by atoms with E-state index in [1.54, 1.807) is 35.8 Å². The lowest BCUT2D eigenvalue weighted by Crippen LogP contribution is -2.13. The van der Waals surface area contributed by atoms with Crippen molar-refractivity contribution in [3.8, 4) is 0 Å². The number of hydrogen-bond acceptors (Lipinski definition) is 5. The van der Waals surface area contributed by atoms with Gasteiger partial charge in [0.15, 0.2) is 0 Å². The Balaban J connectivity index is 1.75. The number of benzene rings is 3. The summed E-state index contributed by atoms with van der Waals surface area (Å²) >= 11 is 3.55. The Morgan fingerprint density at radius 2 is 1.80 bits per heavy atom. The molecule has 30 heavy (non-hydrogen) atoms. The highest BCUT2D eigenvalue weighted by molar-refractivity contribution is 7.99. The third-order valence-corrected chi connectivity index (χ3v) is 6.66. The summed E-state index contributed by atoms with van der Waals surface area (Å²) in [6, 6.07) is 22.8. The monoisotopic (exact) mass is 439 g/mol. The van der Waals surface area contributed by atoms with Gasteiger partial charge in [-0.1, -0.05) is 49.2 Å². The molecule has 3 rings (SSSR count). The number of nitrogens with one attached hydrogen (secondary N) is 3. The van der Waals surface area contributed by atoms with E-state index in [1.165, 1.54) is 23.9 Å². The molecule has 3 nitrogen and oxygen atoms in total. The molecule has 0 radical (unpaired) electrons. The first-order valence-electron chi connectivity index (χ1n) is 9.93. The number of anilines is 2.